The van der Waals surface area contributed by atoms with E-state index in [1.165, 1.54) is 7.11 Å². The summed E-state index contributed by atoms with van der Waals surface area (Å²) in [4.78, 5) is 28.2. The van der Waals surface area contributed by atoms with Crippen LogP contribution in [-0.2, 0) is 4.74 Å². The predicted octanol–water partition coefficient (Wildman–Crippen LogP) is 4.48. The first kappa shape index (κ1) is 19.1. The van der Waals surface area contributed by atoms with Gasteiger partial charge in [-0.15, -0.1) is 0 Å². The molecule has 0 aliphatic rings. The van der Waals surface area contributed by atoms with Crippen molar-refractivity contribution in [2.75, 3.05) is 17.7 Å². The highest BCUT2D eigenvalue weighted by Gasteiger charge is 2.11. The van der Waals surface area contributed by atoms with Gasteiger partial charge in [-0.1, -0.05) is 12.1 Å². The molecule has 0 unspecified atom stereocenters. The molecule has 6 heteroatoms. The number of pyridine rings is 1. The van der Waals surface area contributed by atoms with Crippen LogP contribution >= 0.6 is 0 Å². The Balaban J connectivity index is 1.74. The minimum absolute atomic E-state index is 0.279. The molecule has 0 aliphatic carbocycles. The summed E-state index contributed by atoms with van der Waals surface area (Å²) >= 11 is 0. The lowest BCUT2D eigenvalue weighted by molar-refractivity contribution is 0.0600. The van der Waals surface area contributed by atoms with Crippen molar-refractivity contribution in [2.24, 2.45) is 0 Å². The van der Waals surface area contributed by atoms with Gasteiger partial charge in [-0.25, -0.2) is 4.79 Å². The molecule has 1 aromatic heterocycles. The summed E-state index contributed by atoms with van der Waals surface area (Å²) in [7, 11) is 1.34. The van der Waals surface area contributed by atoms with Crippen LogP contribution in [0.25, 0.3) is 0 Å². The number of nitrogens with zero attached hydrogens (tertiary/aromatic N) is 1. The normalized spacial score (nSPS) is 10.2. The molecule has 0 aliphatic heterocycles. The number of aryl methyl sites for hydroxylation is 1. The van der Waals surface area contributed by atoms with Crippen LogP contribution in [0.15, 0.2) is 60.8 Å². The van der Waals surface area contributed by atoms with Crippen LogP contribution in [0.4, 0.5) is 17.1 Å². The van der Waals surface area contributed by atoms with Crippen molar-refractivity contribution < 1.29 is 14.3 Å². The van der Waals surface area contributed by atoms with Gasteiger partial charge in [0.05, 0.1) is 12.7 Å². The molecule has 6 nitrogen and oxygen atoms in total. The maximum absolute atomic E-state index is 12.6. The number of ether oxygens (including phenoxy) is 1. The quantitative estimate of drug-likeness (QED) is 0.643. The number of carbonyl (C=O) groups is 2. The number of methoxy groups -OCH3 is 1. The monoisotopic (exact) mass is 375 g/mol. The first-order chi connectivity index (χ1) is 13.5. The van der Waals surface area contributed by atoms with E-state index < -0.39 is 0 Å². The molecule has 1 heterocycles. The second-order valence-corrected chi connectivity index (χ2v) is 6.33. The van der Waals surface area contributed by atoms with E-state index in [1.807, 2.05) is 32.0 Å². The summed E-state index contributed by atoms with van der Waals surface area (Å²) in [5.41, 5.74) is 5.16. The molecule has 1 amide bonds. The maximum Gasteiger partial charge on any atom is 0.337 e. The number of hydrogen-bond acceptors (Lipinski definition) is 5. The summed E-state index contributed by atoms with van der Waals surface area (Å²) in [6.45, 7) is 3.97. The van der Waals surface area contributed by atoms with Crippen molar-refractivity contribution in [1.82, 2.24) is 4.98 Å². The topological polar surface area (TPSA) is 80.3 Å². The lowest BCUT2D eigenvalue weighted by Gasteiger charge is -2.11. The van der Waals surface area contributed by atoms with Crippen LogP contribution in [0.3, 0.4) is 0 Å². The van der Waals surface area contributed by atoms with Gasteiger partial charge in [0, 0.05) is 23.3 Å². The Morgan fingerprint density at radius 3 is 2.43 bits per heavy atom. The lowest BCUT2D eigenvalue weighted by atomic mass is 10.1. The average molecular weight is 375 g/mol. The number of anilines is 3. The van der Waals surface area contributed by atoms with E-state index in [-0.39, 0.29) is 11.9 Å². The van der Waals surface area contributed by atoms with Gasteiger partial charge < -0.3 is 15.4 Å². The molecular formula is C22H21N3O3. The number of hydrogen-bond donors (Lipinski definition) is 2. The number of amides is 1. The largest absolute Gasteiger partial charge is 0.465 e. The fourth-order valence-electron chi connectivity index (χ4n) is 2.68. The molecule has 3 rings (SSSR count). The Kier molecular flexibility index (Phi) is 5.69. The summed E-state index contributed by atoms with van der Waals surface area (Å²) in [5.74, 6) is -0.667. The molecule has 142 valence electrons. The number of rotatable bonds is 5. The summed E-state index contributed by atoms with van der Waals surface area (Å²) < 4.78 is 4.69. The molecule has 0 bridgehead atoms. The number of aromatic nitrogens is 1. The van der Waals surface area contributed by atoms with Crippen molar-refractivity contribution in [2.45, 2.75) is 13.8 Å². The van der Waals surface area contributed by atoms with Crippen molar-refractivity contribution in [1.29, 1.82) is 0 Å². The second-order valence-electron chi connectivity index (χ2n) is 6.33. The van der Waals surface area contributed by atoms with Crippen LogP contribution in [0.5, 0.6) is 0 Å². The van der Waals surface area contributed by atoms with Gasteiger partial charge in [0.1, 0.15) is 5.69 Å². The number of carbonyl (C=O) groups excluding carboxylic acids is 2. The summed E-state index contributed by atoms with van der Waals surface area (Å²) in [5, 5.41) is 6.10. The first-order valence-electron chi connectivity index (χ1n) is 8.77. The molecule has 2 aromatic carbocycles. The van der Waals surface area contributed by atoms with E-state index in [1.54, 1.807) is 42.6 Å². The van der Waals surface area contributed by atoms with Crippen LogP contribution < -0.4 is 10.6 Å². The average Bonchev–Trinajstić information content (AvgIpc) is 2.71. The predicted molar refractivity (Wildman–Crippen MR) is 109 cm³/mol. The third-order valence-corrected chi connectivity index (χ3v) is 4.44. The molecule has 2 N–H and O–H groups in total. The van der Waals surface area contributed by atoms with E-state index in [9.17, 15) is 9.59 Å². The molecule has 0 spiro atoms. The minimum Gasteiger partial charge on any atom is -0.465 e. The highest BCUT2D eigenvalue weighted by Crippen LogP contribution is 2.21. The van der Waals surface area contributed by atoms with Gasteiger partial charge in [0.2, 0.25) is 0 Å². The first-order valence-corrected chi connectivity index (χ1v) is 8.77. The zero-order valence-corrected chi connectivity index (χ0v) is 15.9. The highest BCUT2D eigenvalue weighted by molar-refractivity contribution is 6.03. The number of benzene rings is 2. The molecule has 0 saturated carbocycles. The van der Waals surface area contributed by atoms with Gasteiger partial charge in [0.15, 0.2) is 0 Å². The van der Waals surface area contributed by atoms with Gasteiger partial charge >= 0.3 is 5.97 Å². The van der Waals surface area contributed by atoms with Crippen molar-refractivity contribution >= 4 is 28.9 Å². The van der Waals surface area contributed by atoms with E-state index in [4.69, 9.17) is 0 Å². The third kappa shape index (κ3) is 4.35. The fraction of sp³-hybridized carbons (Fsp3) is 0.136. The molecule has 0 saturated heterocycles. The van der Waals surface area contributed by atoms with Crippen LogP contribution in [0.1, 0.15) is 32.0 Å². The SMILES string of the molecule is COC(=O)c1ccc(Nc2ccnc(C(=O)Nc3cccc(C)c3C)c2)cc1. The molecular weight excluding hydrogens is 354 g/mol. The van der Waals surface area contributed by atoms with Crippen molar-refractivity contribution in [3.05, 3.63) is 83.2 Å². The van der Waals surface area contributed by atoms with Gasteiger partial charge in [0.25, 0.3) is 5.91 Å². The molecule has 0 fully saturated rings. The van der Waals surface area contributed by atoms with Crippen molar-refractivity contribution in [3.63, 3.8) is 0 Å². The van der Waals surface area contributed by atoms with Gasteiger partial charge in [-0.2, -0.15) is 0 Å². The molecule has 28 heavy (non-hydrogen) atoms. The number of esters is 1. The van der Waals surface area contributed by atoms with Crippen LogP contribution in [-0.4, -0.2) is 24.0 Å². The fourth-order valence-corrected chi connectivity index (χ4v) is 2.68. The Hall–Kier alpha value is -3.67. The van der Waals surface area contributed by atoms with E-state index in [0.717, 1.165) is 22.5 Å². The van der Waals surface area contributed by atoms with Crippen molar-refractivity contribution in [3.8, 4) is 0 Å². The lowest BCUT2D eigenvalue weighted by Crippen LogP contribution is -2.14. The standard InChI is InChI=1S/C22H21N3O3/c1-14-5-4-6-19(15(14)2)25-21(26)20-13-18(11-12-23-20)24-17-9-7-16(8-10-17)22(27)28-3/h4-13H,1-3H3,(H,23,24)(H,25,26). The summed E-state index contributed by atoms with van der Waals surface area (Å²) in [6.07, 6.45) is 1.57. The third-order valence-electron chi connectivity index (χ3n) is 4.44. The van der Waals surface area contributed by atoms with E-state index in [0.29, 0.717) is 16.9 Å². The summed E-state index contributed by atoms with van der Waals surface area (Å²) in [6, 6.07) is 16.1. The Morgan fingerprint density at radius 2 is 1.71 bits per heavy atom. The minimum atomic E-state index is -0.388. The second kappa shape index (κ2) is 8.35. The van der Waals surface area contributed by atoms with Crippen LogP contribution in [0, 0.1) is 13.8 Å². The highest BCUT2D eigenvalue weighted by atomic mass is 16.5. The zero-order chi connectivity index (χ0) is 20.1. The maximum atomic E-state index is 12.6. The zero-order valence-electron chi connectivity index (χ0n) is 15.9. The van der Waals surface area contributed by atoms with Crippen LogP contribution in [0.2, 0.25) is 0 Å². The molecule has 0 radical (unpaired) electrons. The molecule has 3 aromatic rings. The smallest absolute Gasteiger partial charge is 0.337 e. The Morgan fingerprint density at radius 1 is 0.964 bits per heavy atom. The Bertz CT molecular complexity index is 1010. The Labute approximate surface area is 163 Å². The van der Waals surface area contributed by atoms with E-state index >= 15 is 0 Å². The van der Waals surface area contributed by atoms with Gasteiger partial charge in [-0.05, 0) is 67.4 Å². The molecule has 0 atom stereocenters. The number of nitrogens with one attached hydrogen (secondary N) is 2. The van der Waals surface area contributed by atoms with E-state index in [2.05, 4.69) is 20.4 Å². The van der Waals surface area contributed by atoms with Gasteiger partial charge in [-0.3, -0.25) is 9.78 Å².